The first-order valence-corrected chi connectivity index (χ1v) is 6.53. The second kappa shape index (κ2) is 6.78. The van der Waals surface area contributed by atoms with Crippen molar-refractivity contribution in [3.8, 4) is 0 Å². The number of ether oxygens (including phenoxy) is 3. The fourth-order valence-electron chi connectivity index (χ4n) is 1.99. The first-order valence-electron chi connectivity index (χ1n) is 6.53. The fourth-order valence-corrected chi connectivity index (χ4v) is 1.99. The minimum absolute atomic E-state index is 0.166. The second-order valence-corrected chi connectivity index (χ2v) is 4.58. The lowest BCUT2D eigenvalue weighted by atomic mass is 10.1. The van der Waals surface area contributed by atoms with Crippen molar-refractivity contribution in [2.45, 2.75) is 25.7 Å². The van der Waals surface area contributed by atoms with Crippen LogP contribution in [0.2, 0.25) is 0 Å². The van der Waals surface area contributed by atoms with Crippen LogP contribution in [0.5, 0.6) is 0 Å². The van der Waals surface area contributed by atoms with E-state index >= 15 is 0 Å². The van der Waals surface area contributed by atoms with Gasteiger partial charge in [-0.05, 0) is 12.5 Å². The molecule has 1 heterocycles. The maximum Gasteiger partial charge on any atom is 0.408 e. The minimum atomic E-state index is -0.600. The molecule has 0 saturated carbocycles. The Bertz CT molecular complexity index is 540. The van der Waals surface area contributed by atoms with Crippen LogP contribution >= 0.6 is 0 Å². The van der Waals surface area contributed by atoms with E-state index in [0.29, 0.717) is 5.76 Å². The fraction of sp³-hybridized carbons (Fsp3) is 0.333. The lowest BCUT2D eigenvalue weighted by Crippen LogP contribution is -2.48. The van der Waals surface area contributed by atoms with Crippen molar-refractivity contribution in [2.24, 2.45) is 0 Å². The smallest absolute Gasteiger partial charge is 0.408 e. The summed E-state index contributed by atoms with van der Waals surface area (Å²) in [5.74, 6) is -0.148. The third-order valence-electron chi connectivity index (χ3n) is 3.06. The molecule has 1 aromatic carbocycles. The number of rotatable bonds is 4. The van der Waals surface area contributed by atoms with Crippen LogP contribution in [-0.2, 0) is 25.6 Å². The summed E-state index contributed by atoms with van der Waals surface area (Å²) in [5.41, 5.74) is 0.887. The highest BCUT2D eigenvalue weighted by Gasteiger charge is 2.32. The van der Waals surface area contributed by atoms with Crippen molar-refractivity contribution in [3.05, 3.63) is 47.7 Å². The number of esters is 1. The molecule has 6 nitrogen and oxygen atoms in total. The van der Waals surface area contributed by atoms with Gasteiger partial charge in [-0.2, -0.15) is 0 Å². The van der Waals surface area contributed by atoms with Gasteiger partial charge in [0.05, 0.1) is 13.2 Å². The van der Waals surface area contributed by atoms with Gasteiger partial charge in [0, 0.05) is 0 Å². The lowest BCUT2D eigenvalue weighted by Gasteiger charge is -2.29. The summed E-state index contributed by atoms with van der Waals surface area (Å²) in [6.45, 7) is 1.84. The molecular formula is C15H17NO5. The SMILES string of the molecule is COC1=CC(=O)OC(C)C1NC(=O)OCc1ccccc1. The molecule has 112 valence electrons. The van der Waals surface area contributed by atoms with E-state index in [1.54, 1.807) is 6.92 Å². The summed E-state index contributed by atoms with van der Waals surface area (Å²) >= 11 is 0. The van der Waals surface area contributed by atoms with Gasteiger partial charge in [-0.3, -0.25) is 0 Å². The molecule has 2 atom stereocenters. The number of hydrogen-bond donors (Lipinski definition) is 1. The normalized spacial score (nSPS) is 21.0. The highest BCUT2D eigenvalue weighted by atomic mass is 16.6. The van der Waals surface area contributed by atoms with Crippen molar-refractivity contribution >= 4 is 12.1 Å². The Morgan fingerprint density at radius 1 is 1.33 bits per heavy atom. The maximum absolute atomic E-state index is 11.8. The highest BCUT2D eigenvalue weighted by Crippen LogP contribution is 2.17. The topological polar surface area (TPSA) is 73.9 Å². The second-order valence-electron chi connectivity index (χ2n) is 4.58. The largest absolute Gasteiger partial charge is 0.498 e. The van der Waals surface area contributed by atoms with Gasteiger partial charge < -0.3 is 19.5 Å². The van der Waals surface area contributed by atoms with E-state index in [4.69, 9.17) is 14.2 Å². The van der Waals surface area contributed by atoms with Crippen LogP contribution in [0.4, 0.5) is 4.79 Å². The predicted molar refractivity (Wildman–Crippen MR) is 74.2 cm³/mol. The van der Waals surface area contributed by atoms with Gasteiger partial charge in [0.2, 0.25) is 0 Å². The van der Waals surface area contributed by atoms with Crippen LogP contribution in [0.15, 0.2) is 42.2 Å². The summed E-state index contributed by atoms with van der Waals surface area (Å²) in [4.78, 5) is 23.1. The van der Waals surface area contributed by atoms with Crippen LogP contribution < -0.4 is 5.32 Å². The van der Waals surface area contributed by atoms with Crippen LogP contribution in [0.1, 0.15) is 12.5 Å². The number of carbonyl (C=O) groups is 2. The Balaban J connectivity index is 1.92. The first kappa shape index (κ1) is 14.9. The van der Waals surface area contributed by atoms with E-state index in [1.807, 2.05) is 30.3 Å². The number of carbonyl (C=O) groups excluding carboxylic acids is 2. The molecule has 0 bridgehead atoms. The monoisotopic (exact) mass is 291 g/mol. The number of amides is 1. The van der Waals surface area contributed by atoms with E-state index in [2.05, 4.69) is 5.32 Å². The average Bonchev–Trinajstić information content (AvgIpc) is 2.48. The number of cyclic esters (lactones) is 1. The first-order chi connectivity index (χ1) is 10.1. The molecule has 2 rings (SSSR count). The van der Waals surface area contributed by atoms with Gasteiger partial charge in [0.1, 0.15) is 24.5 Å². The molecule has 0 fully saturated rings. The Morgan fingerprint density at radius 2 is 2.05 bits per heavy atom. The summed E-state index contributed by atoms with van der Waals surface area (Å²) in [6, 6.07) is 8.78. The molecule has 0 spiro atoms. The van der Waals surface area contributed by atoms with Gasteiger partial charge in [0.15, 0.2) is 0 Å². The molecule has 1 aliphatic heterocycles. The van der Waals surface area contributed by atoms with Crippen LogP contribution in [0.3, 0.4) is 0 Å². The summed E-state index contributed by atoms with van der Waals surface area (Å²) in [5, 5.41) is 2.63. The highest BCUT2D eigenvalue weighted by molar-refractivity contribution is 5.84. The quantitative estimate of drug-likeness (QED) is 0.856. The summed E-state index contributed by atoms with van der Waals surface area (Å²) in [7, 11) is 1.43. The molecule has 1 N–H and O–H groups in total. The average molecular weight is 291 g/mol. The standard InChI is InChI=1S/C15H17NO5/c1-10-14(12(19-2)8-13(17)21-10)16-15(18)20-9-11-6-4-3-5-7-11/h3-8,10,14H,9H2,1-2H3,(H,16,18). The molecule has 2 unspecified atom stereocenters. The number of alkyl carbamates (subject to hydrolysis) is 1. The zero-order valence-corrected chi connectivity index (χ0v) is 11.9. The van der Waals surface area contributed by atoms with Crippen LogP contribution in [-0.4, -0.2) is 31.3 Å². The van der Waals surface area contributed by atoms with Gasteiger partial charge in [-0.1, -0.05) is 30.3 Å². The number of methoxy groups -OCH3 is 1. The molecule has 0 saturated heterocycles. The van der Waals surface area contributed by atoms with Crippen molar-refractivity contribution < 1.29 is 23.8 Å². The van der Waals surface area contributed by atoms with Gasteiger partial charge in [0.25, 0.3) is 0 Å². The Hall–Kier alpha value is -2.50. The predicted octanol–water partition coefficient (Wildman–Crippen LogP) is 1.76. The molecule has 0 radical (unpaired) electrons. The van der Waals surface area contributed by atoms with E-state index in [-0.39, 0.29) is 6.61 Å². The van der Waals surface area contributed by atoms with Crippen molar-refractivity contribution in [1.82, 2.24) is 5.32 Å². The van der Waals surface area contributed by atoms with E-state index in [1.165, 1.54) is 13.2 Å². The molecular weight excluding hydrogens is 274 g/mol. The van der Waals surface area contributed by atoms with Crippen molar-refractivity contribution in [3.63, 3.8) is 0 Å². The number of hydrogen-bond acceptors (Lipinski definition) is 5. The van der Waals surface area contributed by atoms with Gasteiger partial charge in [-0.25, -0.2) is 9.59 Å². The molecule has 0 aromatic heterocycles. The van der Waals surface area contributed by atoms with E-state index < -0.39 is 24.2 Å². The number of nitrogens with one attached hydrogen (secondary N) is 1. The maximum atomic E-state index is 11.8. The van der Waals surface area contributed by atoms with Crippen LogP contribution in [0, 0.1) is 0 Å². The lowest BCUT2D eigenvalue weighted by molar-refractivity contribution is -0.145. The van der Waals surface area contributed by atoms with Crippen LogP contribution in [0.25, 0.3) is 0 Å². The van der Waals surface area contributed by atoms with Crippen molar-refractivity contribution in [1.29, 1.82) is 0 Å². The Kier molecular flexibility index (Phi) is 4.81. The third kappa shape index (κ3) is 3.98. The molecule has 0 aliphatic carbocycles. The minimum Gasteiger partial charge on any atom is -0.498 e. The zero-order chi connectivity index (χ0) is 15.2. The van der Waals surface area contributed by atoms with E-state index in [0.717, 1.165) is 5.56 Å². The van der Waals surface area contributed by atoms with Crippen molar-refractivity contribution in [2.75, 3.05) is 7.11 Å². The zero-order valence-electron chi connectivity index (χ0n) is 11.9. The molecule has 1 amide bonds. The summed E-state index contributed by atoms with van der Waals surface area (Å²) in [6.07, 6.45) is 0.0839. The van der Waals surface area contributed by atoms with Gasteiger partial charge in [-0.15, -0.1) is 0 Å². The molecule has 21 heavy (non-hydrogen) atoms. The van der Waals surface area contributed by atoms with E-state index in [9.17, 15) is 9.59 Å². The van der Waals surface area contributed by atoms with Gasteiger partial charge >= 0.3 is 12.1 Å². The third-order valence-corrected chi connectivity index (χ3v) is 3.06. The molecule has 1 aliphatic rings. The Labute approximate surface area is 122 Å². The number of benzene rings is 1. The molecule has 1 aromatic rings. The summed E-state index contributed by atoms with van der Waals surface area (Å²) < 4.78 is 15.3. The molecule has 6 heteroatoms. The Morgan fingerprint density at radius 3 is 2.71 bits per heavy atom.